The molecule has 0 saturated carbocycles. The second-order valence-corrected chi connectivity index (χ2v) is 7.57. The minimum absolute atomic E-state index is 0.169. The Balaban J connectivity index is 1.42. The van der Waals surface area contributed by atoms with E-state index in [1.54, 1.807) is 29.2 Å². The molecule has 1 saturated heterocycles. The third kappa shape index (κ3) is 4.98. The normalized spacial score (nSPS) is 14.4. The zero-order chi connectivity index (χ0) is 23.6. The third-order valence-corrected chi connectivity index (χ3v) is 5.36. The van der Waals surface area contributed by atoms with Crippen LogP contribution in [0.5, 0.6) is 5.88 Å². The quantitative estimate of drug-likeness (QED) is 0.556. The molecular formula is C21H18ClF3N4O4. The topological polar surface area (TPSA) is 80.8 Å². The van der Waals surface area contributed by atoms with E-state index < -0.39 is 24.4 Å². The summed E-state index contributed by atoms with van der Waals surface area (Å²) in [6.45, 7) is 0.597. The first-order valence-corrected chi connectivity index (χ1v) is 10.3. The molecule has 0 spiro atoms. The molecule has 0 bridgehead atoms. The maximum absolute atomic E-state index is 13.2. The van der Waals surface area contributed by atoms with Gasteiger partial charge in [0.05, 0.1) is 17.0 Å². The van der Waals surface area contributed by atoms with E-state index >= 15 is 0 Å². The largest absolute Gasteiger partial charge is 0.467 e. The maximum atomic E-state index is 13.2. The van der Waals surface area contributed by atoms with Gasteiger partial charge < -0.3 is 19.0 Å². The summed E-state index contributed by atoms with van der Waals surface area (Å²) >= 11 is 6.10. The van der Waals surface area contributed by atoms with E-state index in [-0.39, 0.29) is 41.3 Å². The first-order valence-electron chi connectivity index (χ1n) is 9.89. The minimum atomic E-state index is -4.70. The van der Waals surface area contributed by atoms with E-state index in [2.05, 4.69) is 5.10 Å². The van der Waals surface area contributed by atoms with Crippen LogP contribution in [0.4, 0.5) is 13.2 Å². The molecule has 174 valence electrons. The average Bonchev–Trinajstić information content (AvgIpc) is 3.48. The zero-order valence-electron chi connectivity index (χ0n) is 17.1. The van der Waals surface area contributed by atoms with Crippen LogP contribution >= 0.6 is 11.6 Å². The number of nitrogens with zero attached hydrogens (tertiary/aromatic N) is 4. The van der Waals surface area contributed by atoms with E-state index in [4.69, 9.17) is 20.8 Å². The molecular weight excluding hydrogens is 465 g/mol. The first-order chi connectivity index (χ1) is 15.7. The van der Waals surface area contributed by atoms with Crippen molar-refractivity contribution in [2.45, 2.75) is 6.18 Å². The van der Waals surface area contributed by atoms with Crippen molar-refractivity contribution >= 4 is 23.4 Å². The van der Waals surface area contributed by atoms with E-state index in [9.17, 15) is 22.8 Å². The molecule has 3 aromatic rings. The molecule has 33 heavy (non-hydrogen) atoms. The molecule has 0 radical (unpaired) electrons. The van der Waals surface area contributed by atoms with Crippen molar-refractivity contribution < 1.29 is 31.9 Å². The van der Waals surface area contributed by atoms with Crippen molar-refractivity contribution in [2.75, 3.05) is 32.8 Å². The molecule has 8 nitrogen and oxygen atoms in total. The Hall–Kier alpha value is -3.47. The number of carbonyl (C=O) groups excluding carboxylic acids is 2. The van der Waals surface area contributed by atoms with Crippen LogP contribution in [-0.4, -0.2) is 64.2 Å². The Kier molecular flexibility index (Phi) is 6.32. The molecule has 1 aromatic carbocycles. The number of halogens is 4. The Morgan fingerprint density at radius 2 is 1.76 bits per heavy atom. The van der Waals surface area contributed by atoms with Gasteiger partial charge in [0.1, 0.15) is 0 Å². The summed E-state index contributed by atoms with van der Waals surface area (Å²) in [4.78, 5) is 28.0. The fourth-order valence-corrected chi connectivity index (χ4v) is 3.56. The number of ether oxygens (including phenoxy) is 1. The van der Waals surface area contributed by atoms with Crippen LogP contribution in [0.15, 0.2) is 53.1 Å². The molecule has 1 aliphatic heterocycles. The number of hydrogen-bond donors (Lipinski definition) is 0. The number of furan rings is 1. The van der Waals surface area contributed by atoms with Gasteiger partial charge in [-0.3, -0.25) is 9.59 Å². The van der Waals surface area contributed by atoms with Crippen molar-refractivity contribution in [1.29, 1.82) is 0 Å². The fraction of sp³-hybridized carbons (Fsp3) is 0.286. The van der Waals surface area contributed by atoms with E-state index in [0.717, 1.165) is 10.7 Å². The number of para-hydroxylation sites is 1. The zero-order valence-corrected chi connectivity index (χ0v) is 17.8. The molecule has 0 aliphatic carbocycles. The van der Waals surface area contributed by atoms with Crippen molar-refractivity contribution in [3.05, 3.63) is 65.2 Å². The highest BCUT2D eigenvalue weighted by molar-refractivity contribution is 6.32. The van der Waals surface area contributed by atoms with E-state index in [1.165, 1.54) is 23.3 Å². The lowest BCUT2D eigenvalue weighted by molar-refractivity contribution is -0.141. The number of alkyl halides is 3. The van der Waals surface area contributed by atoms with Gasteiger partial charge in [0, 0.05) is 32.2 Å². The second kappa shape index (κ2) is 9.18. The summed E-state index contributed by atoms with van der Waals surface area (Å²) in [5, 5.41) is 3.73. The minimum Gasteiger partial charge on any atom is -0.467 e. The molecule has 4 rings (SSSR count). The summed E-state index contributed by atoms with van der Waals surface area (Å²) in [6, 6.07) is 10.1. The van der Waals surface area contributed by atoms with Gasteiger partial charge in [0.15, 0.2) is 18.1 Å². The molecule has 0 atom stereocenters. The summed E-state index contributed by atoms with van der Waals surface area (Å²) < 4.78 is 51.1. The van der Waals surface area contributed by atoms with E-state index in [0.29, 0.717) is 13.1 Å². The maximum Gasteiger partial charge on any atom is 0.435 e. The van der Waals surface area contributed by atoms with Crippen LogP contribution < -0.4 is 4.74 Å². The van der Waals surface area contributed by atoms with Gasteiger partial charge in [-0.05, 0) is 24.3 Å². The highest BCUT2D eigenvalue weighted by Crippen LogP contribution is 2.33. The molecule has 3 heterocycles. The van der Waals surface area contributed by atoms with Crippen molar-refractivity contribution in [3.8, 4) is 11.6 Å². The summed E-state index contributed by atoms with van der Waals surface area (Å²) in [5.74, 6) is -0.756. The molecule has 0 N–H and O–H groups in total. The van der Waals surface area contributed by atoms with Crippen LogP contribution in [0.3, 0.4) is 0 Å². The monoisotopic (exact) mass is 482 g/mol. The van der Waals surface area contributed by atoms with Crippen molar-refractivity contribution in [2.24, 2.45) is 0 Å². The number of hydrogen-bond acceptors (Lipinski definition) is 5. The summed E-state index contributed by atoms with van der Waals surface area (Å²) in [5.41, 5.74) is -0.989. The summed E-state index contributed by atoms with van der Waals surface area (Å²) in [6.07, 6.45) is -3.30. The number of amides is 2. The van der Waals surface area contributed by atoms with Gasteiger partial charge in [0.2, 0.25) is 5.88 Å². The van der Waals surface area contributed by atoms with Crippen LogP contribution in [0.2, 0.25) is 5.02 Å². The van der Waals surface area contributed by atoms with Crippen LogP contribution in [0.1, 0.15) is 16.2 Å². The molecule has 1 aliphatic rings. The lowest BCUT2D eigenvalue weighted by Gasteiger charge is -2.34. The lowest BCUT2D eigenvalue weighted by atomic mass is 10.3. The Labute approximate surface area is 191 Å². The highest BCUT2D eigenvalue weighted by Gasteiger charge is 2.36. The van der Waals surface area contributed by atoms with Crippen molar-refractivity contribution in [3.63, 3.8) is 0 Å². The number of piperazine rings is 1. The molecule has 0 unspecified atom stereocenters. The average molecular weight is 483 g/mol. The van der Waals surface area contributed by atoms with Gasteiger partial charge in [-0.15, -0.1) is 0 Å². The first kappa shape index (κ1) is 22.7. The summed E-state index contributed by atoms with van der Waals surface area (Å²) in [7, 11) is 0. The Morgan fingerprint density at radius 1 is 1.06 bits per heavy atom. The predicted molar refractivity (Wildman–Crippen MR) is 110 cm³/mol. The van der Waals surface area contributed by atoms with Gasteiger partial charge in [-0.1, -0.05) is 23.7 Å². The number of rotatable bonds is 5. The molecule has 2 aromatic heterocycles. The molecule has 1 fully saturated rings. The standard InChI is InChI=1S/C21H18ClF3N4O4/c22-14-4-1-2-5-15(14)29-19(12-17(26-29)21(23,24)25)33-13-18(30)27-7-9-28(10-8-27)20(31)16-6-3-11-32-16/h1-6,11-12H,7-10,13H2. The Morgan fingerprint density at radius 3 is 2.39 bits per heavy atom. The highest BCUT2D eigenvalue weighted by atomic mass is 35.5. The lowest BCUT2D eigenvalue weighted by Crippen LogP contribution is -2.51. The SMILES string of the molecule is O=C(COc1cc(C(F)(F)F)nn1-c1ccccc1Cl)N1CCN(C(=O)c2ccco2)CC1. The third-order valence-electron chi connectivity index (χ3n) is 5.04. The fourth-order valence-electron chi connectivity index (χ4n) is 3.34. The van der Waals surface area contributed by atoms with Crippen molar-refractivity contribution in [1.82, 2.24) is 19.6 Å². The number of benzene rings is 1. The predicted octanol–water partition coefficient (Wildman–Crippen LogP) is 3.50. The van der Waals surface area contributed by atoms with Crippen LogP contribution in [-0.2, 0) is 11.0 Å². The Bertz CT molecular complexity index is 1140. The van der Waals surface area contributed by atoms with Gasteiger partial charge >= 0.3 is 6.18 Å². The smallest absolute Gasteiger partial charge is 0.435 e. The molecule has 2 amide bonds. The van der Waals surface area contributed by atoms with Crippen LogP contribution in [0, 0.1) is 0 Å². The second-order valence-electron chi connectivity index (χ2n) is 7.17. The van der Waals surface area contributed by atoms with Gasteiger partial charge in [-0.25, -0.2) is 0 Å². The molecule has 12 heteroatoms. The number of aromatic nitrogens is 2. The van der Waals surface area contributed by atoms with E-state index in [1.807, 2.05) is 0 Å². The van der Waals surface area contributed by atoms with Crippen LogP contribution in [0.25, 0.3) is 5.69 Å². The van der Waals surface area contributed by atoms with Gasteiger partial charge in [-0.2, -0.15) is 23.0 Å². The van der Waals surface area contributed by atoms with Gasteiger partial charge in [0.25, 0.3) is 11.8 Å². The number of carbonyl (C=O) groups is 2.